The largest absolute Gasteiger partial charge is 0.452 e. The standard InChI is InChI=1S/C9H10ClNO3/c10-8-7(1-2-14-8)9(13)11-5-3-6(12)4-5/h1-2,5-6,12H,3-4H2,(H,11,13). The molecule has 4 nitrogen and oxygen atoms in total. The first kappa shape index (κ1) is 9.55. The number of amides is 1. The van der Waals surface area contributed by atoms with Crippen molar-refractivity contribution in [2.24, 2.45) is 0 Å². The number of carbonyl (C=O) groups is 1. The maximum absolute atomic E-state index is 11.5. The van der Waals surface area contributed by atoms with Gasteiger partial charge in [-0.3, -0.25) is 4.79 Å². The van der Waals surface area contributed by atoms with Crippen molar-refractivity contribution in [1.82, 2.24) is 5.32 Å². The second kappa shape index (κ2) is 3.63. The third kappa shape index (κ3) is 1.76. The average Bonchev–Trinajstić information content (AvgIpc) is 2.48. The van der Waals surface area contributed by atoms with E-state index in [9.17, 15) is 4.79 Å². The molecule has 2 N–H and O–H groups in total. The SMILES string of the molecule is O=C(NC1CC(O)C1)c1ccoc1Cl. The molecule has 0 atom stereocenters. The Morgan fingerprint density at radius 1 is 1.64 bits per heavy atom. The Bertz CT molecular complexity index is 344. The van der Waals surface area contributed by atoms with E-state index in [1.807, 2.05) is 0 Å². The first-order valence-electron chi connectivity index (χ1n) is 4.38. The Hall–Kier alpha value is -1.00. The van der Waals surface area contributed by atoms with Crippen molar-refractivity contribution in [3.8, 4) is 0 Å². The Kier molecular flexibility index (Phi) is 2.48. The highest BCUT2D eigenvalue weighted by atomic mass is 35.5. The minimum absolute atomic E-state index is 0.0588. The highest BCUT2D eigenvalue weighted by Crippen LogP contribution is 2.21. The normalized spacial score (nSPS) is 25.6. The molecule has 0 unspecified atom stereocenters. The van der Waals surface area contributed by atoms with Gasteiger partial charge in [0.05, 0.1) is 17.9 Å². The highest BCUT2D eigenvalue weighted by molar-refractivity contribution is 6.32. The number of nitrogens with one attached hydrogen (secondary N) is 1. The third-order valence-electron chi connectivity index (χ3n) is 2.31. The van der Waals surface area contributed by atoms with Crippen LogP contribution in [0.25, 0.3) is 0 Å². The molecule has 0 aliphatic heterocycles. The molecular formula is C9H10ClNO3. The zero-order valence-corrected chi connectivity index (χ0v) is 8.12. The highest BCUT2D eigenvalue weighted by Gasteiger charge is 2.29. The van der Waals surface area contributed by atoms with Gasteiger partial charge in [-0.05, 0) is 30.5 Å². The molecule has 2 rings (SSSR count). The van der Waals surface area contributed by atoms with Crippen molar-refractivity contribution in [2.45, 2.75) is 25.0 Å². The fourth-order valence-electron chi connectivity index (χ4n) is 1.42. The van der Waals surface area contributed by atoms with Crippen LogP contribution in [0, 0.1) is 0 Å². The van der Waals surface area contributed by atoms with E-state index in [1.165, 1.54) is 12.3 Å². The van der Waals surface area contributed by atoms with E-state index in [1.54, 1.807) is 0 Å². The molecule has 14 heavy (non-hydrogen) atoms. The second-order valence-corrected chi connectivity index (χ2v) is 3.75. The predicted octanol–water partition coefficient (Wildman–Crippen LogP) is 1.19. The zero-order chi connectivity index (χ0) is 10.1. The van der Waals surface area contributed by atoms with Crippen molar-refractivity contribution >= 4 is 17.5 Å². The van der Waals surface area contributed by atoms with Gasteiger partial charge in [-0.1, -0.05) is 0 Å². The van der Waals surface area contributed by atoms with Gasteiger partial charge in [0.15, 0.2) is 0 Å². The van der Waals surface area contributed by atoms with Gasteiger partial charge in [0, 0.05) is 6.04 Å². The van der Waals surface area contributed by atoms with Gasteiger partial charge in [0.25, 0.3) is 5.91 Å². The van der Waals surface area contributed by atoms with E-state index in [2.05, 4.69) is 5.32 Å². The van der Waals surface area contributed by atoms with Gasteiger partial charge < -0.3 is 14.8 Å². The van der Waals surface area contributed by atoms with Crippen molar-refractivity contribution in [3.05, 3.63) is 23.1 Å². The smallest absolute Gasteiger partial charge is 0.256 e. The van der Waals surface area contributed by atoms with Crippen LogP contribution < -0.4 is 5.32 Å². The van der Waals surface area contributed by atoms with Crippen LogP contribution in [0.15, 0.2) is 16.7 Å². The predicted molar refractivity (Wildman–Crippen MR) is 50.2 cm³/mol. The number of furan rings is 1. The Labute approximate surface area is 85.9 Å². The monoisotopic (exact) mass is 215 g/mol. The fourth-order valence-corrected chi connectivity index (χ4v) is 1.62. The van der Waals surface area contributed by atoms with Gasteiger partial charge >= 0.3 is 0 Å². The lowest BCUT2D eigenvalue weighted by Gasteiger charge is -2.31. The van der Waals surface area contributed by atoms with E-state index < -0.39 is 0 Å². The van der Waals surface area contributed by atoms with E-state index in [4.69, 9.17) is 21.1 Å². The number of carbonyl (C=O) groups excluding carboxylic acids is 1. The average molecular weight is 216 g/mol. The summed E-state index contributed by atoms with van der Waals surface area (Å²) in [7, 11) is 0. The lowest BCUT2D eigenvalue weighted by atomic mass is 9.89. The molecule has 0 radical (unpaired) electrons. The number of aliphatic hydroxyl groups excluding tert-OH is 1. The molecule has 0 spiro atoms. The van der Waals surface area contributed by atoms with Crippen LogP contribution in [0.4, 0.5) is 0 Å². The molecule has 1 aliphatic carbocycles. The number of hydrogen-bond acceptors (Lipinski definition) is 3. The Morgan fingerprint density at radius 2 is 2.36 bits per heavy atom. The van der Waals surface area contributed by atoms with Gasteiger partial charge in [-0.2, -0.15) is 0 Å². The summed E-state index contributed by atoms with van der Waals surface area (Å²) in [5.41, 5.74) is 0.341. The molecule has 5 heteroatoms. The first-order chi connectivity index (χ1) is 6.66. The fraction of sp³-hybridized carbons (Fsp3) is 0.444. The molecule has 1 aromatic rings. The van der Waals surface area contributed by atoms with Gasteiger partial charge in [-0.15, -0.1) is 0 Å². The molecule has 1 saturated carbocycles. The van der Waals surface area contributed by atoms with Crippen molar-refractivity contribution in [1.29, 1.82) is 0 Å². The third-order valence-corrected chi connectivity index (χ3v) is 2.60. The molecule has 1 heterocycles. The molecule has 76 valence electrons. The summed E-state index contributed by atoms with van der Waals surface area (Å²) in [5.74, 6) is -0.249. The van der Waals surface area contributed by atoms with Crippen LogP contribution in [-0.2, 0) is 0 Å². The molecule has 0 bridgehead atoms. The van der Waals surface area contributed by atoms with Crippen LogP contribution in [0.3, 0.4) is 0 Å². The maximum Gasteiger partial charge on any atom is 0.256 e. The number of rotatable bonds is 2. The van der Waals surface area contributed by atoms with E-state index in [0.717, 1.165) is 0 Å². The van der Waals surface area contributed by atoms with E-state index in [0.29, 0.717) is 18.4 Å². The van der Waals surface area contributed by atoms with Gasteiger partial charge in [0.1, 0.15) is 0 Å². The van der Waals surface area contributed by atoms with Gasteiger partial charge in [-0.25, -0.2) is 0 Å². The molecule has 1 aromatic heterocycles. The molecular weight excluding hydrogens is 206 g/mol. The molecule has 1 aliphatic rings. The van der Waals surface area contributed by atoms with E-state index >= 15 is 0 Å². The second-order valence-electron chi connectivity index (χ2n) is 3.40. The van der Waals surface area contributed by atoms with Crippen molar-refractivity contribution in [2.75, 3.05) is 0 Å². The lowest BCUT2D eigenvalue weighted by Crippen LogP contribution is -2.46. The first-order valence-corrected chi connectivity index (χ1v) is 4.76. The summed E-state index contributed by atoms with van der Waals surface area (Å²) in [6, 6.07) is 1.58. The van der Waals surface area contributed by atoms with Crippen LogP contribution >= 0.6 is 11.6 Å². The molecule has 0 aromatic carbocycles. The van der Waals surface area contributed by atoms with Crippen LogP contribution in [-0.4, -0.2) is 23.2 Å². The summed E-state index contributed by atoms with van der Waals surface area (Å²) in [6.45, 7) is 0. The van der Waals surface area contributed by atoms with Crippen LogP contribution in [0.5, 0.6) is 0 Å². The summed E-state index contributed by atoms with van der Waals surface area (Å²) in [6.07, 6.45) is 2.31. The summed E-state index contributed by atoms with van der Waals surface area (Å²) < 4.78 is 4.80. The summed E-state index contributed by atoms with van der Waals surface area (Å²) in [5, 5.41) is 11.9. The molecule has 0 saturated heterocycles. The molecule has 1 amide bonds. The Morgan fingerprint density at radius 3 is 2.86 bits per heavy atom. The van der Waals surface area contributed by atoms with Crippen molar-refractivity contribution in [3.63, 3.8) is 0 Å². The van der Waals surface area contributed by atoms with E-state index in [-0.39, 0.29) is 23.3 Å². The number of halogens is 1. The quantitative estimate of drug-likeness (QED) is 0.779. The minimum atomic E-state index is -0.278. The number of hydrogen-bond donors (Lipinski definition) is 2. The van der Waals surface area contributed by atoms with Crippen molar-refractivity contribution < 1.29 is 14.3 Å². The van der Waals surface area contributed by atoms with Crippen LogP contribution in [0.1, 0.15) is 23.2 Å². The topological polar surface area (TPSA) is 62.5 Å². The number of aliphatic hydroxyl groups is 1. The summed E-state index contributed by atoms with van der Waals surface area (Å²) in [4.78, 5) is 11.5. The Balaban J connectivity index is 1.93. The molecule has 1 fully saturated rings. The zero-order valence-electron chi connectivity index (χ0n) is 7.37. The van der Waals surface area contributed by atoms with Gasteiger partial charge in [0.2, 0.25) is 5.22 Å². The minimum Gasteiger partial charge on any atom is -0.452 e. The van der Waals surface area contributed by atoms with Crippen LogP contribution in [0.2, 0.25) is 5.22 Å². The summed E-state index contributed by atoms with van der Waals surface area (Å²) >= 11 is 5.63. The maximum atomic E-state index is 11.5. The lowest BCUT2D eigenvalue weighted by molar-refractivity contribution is 0.0562.